The molecule has 0 radical (unpaired) electrons. The lowest BCUT2D eigenvalue weighted by atomic mass is 9.98. The summed E-state index contributed by atoms with van der Waals surface area (Å²) < 4.78 is 6.16. The van der Waals surface area contributed by atoms with E-state index in [1.807, 2.05) is 36.4 Å². The standard InChI is InChI=1S/C18H22ClNO/c1-3-13(2)15-8-4-5-10-17(15)21-18-14(11-12-20)7-6-9-16(18)19/h4-10,13H,3,11-12,20H2,1-2H3. The quantitative estimate of drug-likeness (QED) is 0.801. The van der Waals surface area contributed by atoms with Gasteiger partial charge in [0.15, 0.2) is 0 Å². The third kappa shape index (κ3) is 3.78. The van der Waals surface area contributed by atoms with Crippen molar-refractivity contribution in [3.63, 3.8) is 0 Å². The maximum absolute atomic E-state index is 6.32. The van der Waals surface area contributed by atoms with Gasteiger partial charge in [-0.05, 0) is 48.6 Å². The van der Waals surface area contributed by atoms with Crippen LogP contribution in [0, 0.1) is 0 Å². The van der Waals surface area contributed by atoms with Crippen LogP contribution in [0.5, 0.6) is 11.5 Å². The summed E-state index contributed by atoms with van der Waals surface area (Å²) in [6, 6.07) is 13.9. The molecule has 0 saturated heterocycles. The number of ether oxygens (including phenoxy) is 1. The lowest BCUT2D eigenvalue weighted by molar-refractivity contribution is 0.464. The van der Waals surface area contributed by atoms with Crippen LogP contribution in [0.15, 0.2) is 42.5 Å². The molecule has 21 heavy (non-hydrogen) atoms. The van der Waals surface area contributed by atoms with E-state index in [9.17, 15) is 0 Å². The van der Waals surface area contributed by atoms with E-state index in [0.29, 0.717) is 17.5 Å². The molecule has 0 aliphatic carbocycles. The van der Waals surface area contributed by atoms with Crippen molar-refractivity contribution in [3.8, 4) is 11.5 Å². The zero-order chi connectivity index (χ0) is 15.2. The van der Waals surface area contributed by atoms with E-state index in [4.69, 9.17) is 22.1 Å². The molecule has 0 spiro atoms. The van der Waals surface area contributed by atoms with Crippen LogP contribution in [0.1, 0.15) is 37.3 Å². The Labute approximate surface area is 131 Å². The molecule has 112 valence electrons. The monoisotopic (exact) mass is 303 g/mol. The van der Waals surface area contributed by atoms with Gasteiger partial charge in [0.2, 0.25) is 0 Å². The average Bonchev–Trinajstić information content (AvgIpc) is 2.50. The van der Waals surface area contributed by atoms with Gasteiger partial charge < -0.3 is 10.5 Å². The largest absolute Gasteiger partial charge is 0.455 e. The van der Waals surface area contributed by atoms with Gasteiger partial charge in [0.05, 0.1) is 5.02 Å². The Morgan fingerprint density at radius 3 is 2.62 bits per heavy atom. The van der Waals surface area contributed by atoms with Crippen molar-refractivity contribution in [2.24, 2.45) is 5.73 Å². The Kier molecular flexibility index (Phi) is 5.66. The predicted octanol–water partition coefficient (Wildman–Crippen LogP) is 5.15. The first-order valence-corrected chi connectivity index (χ1v) is 7.79. The first kappa shape index (κ1) is 15.9. The van der Waals surface area contributed by atoms with Gasteiger partial charge >= 0.3 is 0 Å². The second kappa shape index (κ2) is 7.48. The third-order valence-electron chi connectivity index (χ3n) is 3.74. The number of hydrogen-bond donors (Lipinski definition) is 1. The summed E-state index contributed by atoms with van der Waals surface area (Å²) in [5.41, 5.74) is 7.93. The highest BCUT2D eigenvalue weighted by atomic mass is 35.5. The molecule has 1 atom stereocenters. The van der Waals surface area contributed by atoms with Gasteiger partial charge in [-0.25, -0.2) is 0 Å². The molecule has 2 nitrogen and oxygen atoms in total. The molecule has 0 fully saturated rings. The predicted molar refractivity (Wildman–Crippen MR) is 89.4 cm³/mol. The molecule has 2 aromatic rings. The number of nitrogens with two attached hydrogens (primary N) is 1. The lowest BCUT2D eigenvalue weighted by Gasteiger charge is -2.18. The summed E-state index contributed by atoms with van der Waals surface area (Å²) in [6.45, 7) is 4.95. The van der Waals surface area contributed by atoms with Crippen molar-refractivity contribution in [1.29, 1.82) is 0 Å². The zero-order valence-electron chi connectivity index (χ0n) is 12.6. The molecule has 0 aromatic heterocycles. The van der Waals surface area contributed by atoms with E-state index in [1.54, 1.807) is 0 Å². The first-order chi connectivity index (χ1) is 10.2. The molecule has 1 unspecified atom stereocenters. The van der Waals surface area contributed by atoms with Crippen LogP contribution < -0.4 is 10.5 Å². The van der Waals surface area contributed by atoms with Crippen molar-refractivity contribution >= 4 is 11.6 Å². The van der Waals surface area contributed by atoms with Crippen molar-refractivity contribution in [2.45, 2.75) is 32.6 Å². The number of halogens is 1. The third-order valence-corrected chi connectivity index (χ3v) is 4.03. The molecular formula is C18H22ClNO. The summed E-state index contributed by atoms with van der Waals surface area (Å²) in [5.74, 6) is 2.04. The van der Waals surface area contributed by atoms with E-state index in [1.165, 1.54) is 5.56 Å². The maximum Gasteiger partial charge on any atom is 0.149 e. The number of rotatable bonds is 6. The summed E-state index contributed by atoms with van der Waals surface area (Å²) in [5, 5.41) is 0.625. The van der Waals surface area contributed by atoms with E-state index in [0.717, 1.165) is 29.9 Å². The molecule has 3 heteroatoms. The highest BCUT2D eigenvalue weighted by Crippen LogP contribution is 2.37. The second-order valence-corrected chi connectivity index (χ2v) is 5.62. The molecule has 2 rings (SSSR count). The lowest BCUT2D eigenvalue weighted by Crippen LogP contribution is -2.05. The summed E-state index contributed by atoms with van der Waals surface area (Å²) in [4.78, 5) is 0. The maximum atomic E-state index is 6.32. The average molecular weight is 304 g/mol. The van der Waals surface area contributed by atoms with Gasteiger partial charge in [0.25, 0.3) is 0 Å². The summed E-state index contributed by atoms with van der Waals surface area (Å²) in [6.07, 6.45) is 1.82. The van der Waals surface area contributed by atoms with Crippen LogP contribution in [0.3, 0.4) is 0 Å². The topological polar surface area (TPSA) is 35.2 Å². The molecule has 2 aromatic carbocycles. The SMILES string of the molecule is CCC(C)c1ccccc1Oc1c(Cl)cccc1CCN. The fraction of sp³-hybridized carbons (Fsp3) is 0.333. The number of para-hydroxylation sites is 2. The Morgan fingerprint density at radius 1 is 1.14 bits per heavy atom. The van der Waals surface area contributed by atoms with Gasteiger partial charge in [-0.15, -0.1) is 0 Å². The number of benzene rings is 2. The minimum absolute atomic E-state index is 0.446. The Hall–Kier alpha value is -1.51. The molecule has 0 bridgehead atoms. The van der Waals surface area contributed by atoms with Crippen LogP contribution in [0.4, 0.5) is 0 Å². The first-order valence-electron chi connectivity index (χ1n) is 7.41. The molecular weight excluding hydrogens is 282 g/mol. The van der Waals surface area contributed by atoms with Gasteiger partial charge in [0.1, 0.15) is 11.5 Å². The smallest absolute Gasteiger partial charge is 0.149 e. The van der Waals surface area contributed by atoms with Crippen molar-refractivity contribution in [3.05, 3.63) is 58.6 Å². The minimum atomic E-state index is 0.446. The molecule has 0 aliphatic rings. The fourth-order valence-electron chi connectivity index (χ4n) is 2.33. The van der Waals surface area contributed by atoms with Gasteiger partial charge in [-0.2, -0.15) is 0 Å². The molecule has 0 heterocycles. The van der Waals surface area contributed by atoms with Crippen molar-refractivity contribution in [1.82, 2.24) is 0 Å². The minimum Gasteiger partial charge on any atom is -0.455 e. The Morgan fingerprint density at radius 2 is 1.90 bits per heavy atom. The normalized spacial score (nSPS) is 12.2. The van der Waals surface area contributed by atoms with E-state index in [2.05, 4.69) is 19.9 Å². The van der Waals surface area contributed by atoms with Crippen LogP contribution in [0.25, 0.3) is 0 Å². The molecule has 0 saturated carbocycles. The van der Waals surface area contributed by atoms with E-state index >= 15 is 0 Å². The molecule has 0 aliphatic heterocycles. The Bertz CT molecular complexity index is 598. The second-order valence-electron chi connectivity index (χ2n) is 5.22. The van der Waals surface area contributed by atoms with Crippen LogP contribution in [-0.2, 0) is 6.42 Å². The van der Waals surface area contributed by atoms with Gasteiger partial charge in [0, 0.05) is 0 Å². The van der Waals surface area contributed by atoms with Crippen LogP contribution in [0.2, 0.25) is 5.02 Å². The highest BCUT2D eigenvalue weighted by Gasteiger charge is 2.14. The van der Waals surface area contributed by atoms with Gasteiger partial charge in [-0.3, -0.25) is 0 Å². The van der Waals surface area contributed by atoms with Crippen LogP contribution in [-0.4, -0.2) is 6.54 Å². The van der Waals surface area contributed by atoms with E-state index in [-0.39, 0.29) is 0 Å². The fourth-order valence-corrected chi connectivity index (χ4v) is 2.56. The molecule has 0 amide bonds. The van der Waals surface area contributed by atoms with E-state index < -0.39 is 0 Å². The van der Waals surface area contributed by atoms with Crippen molar-refractivity contribution < 1.29 is 4.74 Å². The van der Waals surface area contributed by atoms with Crippen LogP contribution >= 0.6 is 11.6 Å². The number of hydrogen-bond acceptors (Lipinski definition) is 2. The zero-order valence-corrected chi connectivity index (χ0v) is 13.4. The Balaban J connectivity index is 2.39. The molecule has 2 N–H and O–H groups in total. The summed E-state index contributed by atoms with van der Waals surface area (Å²) >= 11 is 6.32. The van der Waals surface area contributed by atoms with Crippen molar-refractivity contribution in [2.75, 3.05) is 6.54 Å². The highest BCUT2D eigenvalue weighted by molar-refractivity contribution is 6.32. The summed E-state index contributed by atoms with van der Waals surface area (Å²) in [7, 11) is 0. The van der Waals surface area contributed by atoms with Gasteiger partial charge in [-0.1, -0.05) is 55.8 Å².